The number of hydrogen-bond acceptors (Lipinski definition) is 3. The van der Waals surface area contributed by atoms with E-state index in [4.69, 9.17) is 4.84 Å². The van der Waals surface area contributed by atoms with Crippen molar-refractivity contribution < 1.29 is 18.0 Å². The number of rotatable bonds is 3. The highest BCUT2D eigenvalue weighted by Crippen LogP contribution is 2.31. The first-order valence-electron chi connectivity index (χ1n) is 7.18. The van der Waals surface area contributed by atoms with Gasteiger partial charge in [0, 0.05) is 25.4 Å². The molecule has 0 aliphatic carbocycles. The summed E-state index contributed by atoms with van der Waals surface area (Å²) in [6.45, 7) is 2.24. The quantitative estimate of drug-likeness (QED) is 0.795. The Bertz CT molecular complexity index is 576. The van der Waals surface area contributed by atoms with E-state index in [1.807, 2.05) is 0 Å². The van der Waals surface area contributed by atoms with Crippen LogP contribution >= 0.6 is 15.9 Å². The summed E-state index contributed by atoms with van der Waals surface area (Å²) < 4.78 is 39.0. The lowest BCUT2D eigenvalue weighted by molar-refractivity contribution is -0.137. The molecule has 1 aromatic rings. The summed E-state index contributed by atoms with van der Waals surface area (Å²) in [5, 5.41) is 3.90. The number of alkyl halides is 3. The van der Waals surface area contributed by atoms with E-state index in [-0.39, 0.29) is 6.10 Å². The number of halogens is 4. The average Bonchev–Trinajstić information content (AvgIpc) is 3.07. The minimum absolute atomic E-state index is 0.0842. The first kappa shape index (κ1) is 15.8. The summed E-state index contributed by atoms with van der Waals surface area (Å²) in [6.07, 6.45) is -2.44. The molecule has 1 saturated heterocycles. The van der Waals surface area contributed by atoms with Crippen LogP contribution in [-0.4, -0.2) is 28.7 Å². The largest absolute Gasteiger partial charge is 0.416 e. The average molecular weight is 377 g/mol. The van der Waals surface area contributed by atoms with Crippen molar-refractivity contribution in [3.8, 4) is 0 Å². The second-order valence-corrected chi connectivity index (χ2v) is 6.71. The van der Waals surface area contributed by atoms with E-state index < -0.39 is 11.7 Å². The van der Waals surface area contributed by atoms with Gasteiger partial charge >= 0.3 is 6.18 Å². The minimum atomic E-state index is -4.29. The predicted octanol–water partition coefficient (Wildman–Crippen LogP) is 4.02. The van der Waals surface area contributed by atoms with Gasteiger partial charge in [0.05, 0.1) is 5.56 Å². The number of nitrogens with zero attached hydrogens (tertiary/aromatic N) is 2. The molecule has 0 amide bonds. The highest BCUT2D eigenvalue weighted by molar-refractivity contribution is 9.18. The van der Waals surface area contributed by atoms with Gasteiger partial charge in [0.25, 0.3) is 0 Å². The van der Waals surface area contributed by atoms with Crippen LogP contribution in [0.3, 0.4) is 0 Å². The van der Waals surface area contributed by atoms with Crippen LogP contribution in [-0.2, 0) is 17.6 Å². The zero-order valence-corrected chi connectivity index (χ0v) is 13.4. The molecule has 1 aromatic carbocycles. The third-order valence-corrected chi connectivity index (χ3v) is 4.62. The minimum Gasteiger partial charge on any atom is -0.391 e. The Morgan fingerprint density at radius 2 is 2.18 bits per heavy atom. The summed E-state index contributed by atoms with van der Waals surface area (Å²) in [5.74, 6) is 0.379. The Labute approximate surface area is 135 Å². The molecule has 1 fully saturated rings. The highest BCUT2D eigenvalue weighted by Gasteiger charge is 2.34. The molecular weight excluding hydrogens is 361 g/mol. The maximum absolute atomic E-state index is 12.7. The zero-order chi connectivity index (χ0) is 15.7. The smallest absolute Gasteiger partial charge is 0.391 e. The van der Waals surface area contributed by atoms with Crippen LogP contribution in [0.25, 0.3) is 0 Å². The molecule has 2 aliphatic heterocycles. The van der Waals surface area contributed by atoms with E-state index in [2.05, 4.69) is 26.0 Å². The Balaban J connectivity index is 1.58. The van der Waals surface area contributed by atoms with Crippen molar-refractivity contribution in [1.29, 1.82) is 0 Å². The third-order valence-electron chi connectivity index (χ3n) is 4.15. The molecule has 0 spiro atoms. The SMILES string of the molecule is FC(F)(F)c1cccc(CN2CCC([C@@H]3CC(Br)=NO3)C2)c1. The summed E-state index contributed by atoms with van der Waals surface area (Å²) in [6, 6.07) is 5.56. The molecule has 7 heteroatoms. The van der Waals surface area contributed by atoms with Crippen LogP contribution in [0.1, 0.15) is 24.0 Å². The molecule has 22 heavy (non-hydrogen) atoms. The molecule has 0 bridgehead atoms. The highest BCUT2D eigenvalue weighted by atomic mass is 79.9. The molecule has 2 aliphatic rings. The van der Waals surface area contributed by atoms with Crippen LogP contribution in [0, 0.1) is 5.92 Å². The molecular formula is C15H16BrF3N2O. The van der Waals surface area contributed by atoms with Crippen LogP contribution in [0.2, 0.25) is 0 Å². The van der Waals surface area contributed by atoms with E-state index in [0.29, 0.717) is 18.0 Å². The molecule has 0 radical (unpaired) electrons. The molecule has 1 unspecified atom stereocenters. The van der Waals surface area contributed by atoms with Crippen LogP contribution in [0.4, 0.5) is 13.2 Å². The van der Waals surface area contributed by atoms with Gasteiger partial charge in [-0.3, -0.25) is 4.90 Å². The van der Waals surface area contributed by atoms with Crippen molar-refractivity contribution in [1.82, 2.24) is 4.90 Å². The lowest BCUT2D eigenvalue weighted by Crippen LogP contribution is -2.25. The molecule has 2 heterocycles. The normalized spacial score (nSPS) is 26.1. The molecule has 3 rings (SSSR count). The number of hydrogen-bond donors (Lipinski definition) is 0. The second kappa shape index (κ2) is 6.20. The Hall–Kier alpha value is -1.08. The van der Waals surface area contributed by atoms with Gasteiger partial charge < -0.3 is 4.84 Å². The van der Waals surface area contributed by atoms with Crippen molar-refractivity contribution in [2.45, 2.75) is 31.7 Å². The van der Waals surface area contributed by atoms with Crippen LogP contribution in [0.5, 0.6) is 0 Å². The lowest BCUT2D eigenvalue weighted by atomic mass is 10.00. The van der Waals surface area contributed by atoms with Gasteiger partial charge in [0.1, 0.15) is 10.7 Å². The Morgan fingerprint density at radius 3 is 2.86 bits per heavy atom. The maximum atomic E-state index is 12.7. The van der Waals surface area contributed by atoms with E-state index in [1.165, 1.54) is 12.1 Å². The zero-order valence-electron chi connectivity index (χ0n) is 11.8. The maximum Gasteiger partial charge on any atom is 0.416 e. The van der Waals surface area contributed by atoms with Crippen LogP contribution in [0.15, 0.2) is 29.4 Å². The number of benzene rings is 1. The lowest BCUT2D eigenvalue weighted by Gasteiger charge is -2.19. The first-order valence-corrected chi connectivity index (χ1v) is 7.98. The van der Waals surface area contributed by atoms with E-state index in [0.717, 1.165) is 36.6 Å². The molecule has 0 aromatic heterocycles. The summed E-state index contributed by atoms with van der Waals surface area (Å²) in [4.78, 5) is 7.55. The van der Waals surface area contributed by atoms with Gasteiger partial charge in [-0.15, -0.1) is 0 Å². The molecule has 120 valence electrons. The molecule has 3 nitrogen and oxygen atoms in total. The summed E-state index contributed by atoms with van der Waals surface area (Å²) in [5.41, 5.74) is 0.109. The standard InChI is InChI=1S/C15H16BrF3N2O/c16-14-7-13(22-20-14)11-4-5-21(9-11)8-10-2-1-3-12(6-10)15(17,18)19/h1-3,6,11,13H,4-5,7-9H2/t11?,13-/m0/s1. The monoisotopic (exact) mass is 376 g/mol. The Kier molecular flexibility index (Phi) is 4.45. The summed E-state index contributed by atoms with van der Waals surface area (Å²) in [7, 11) is 0. The van der Waals surface area contributed by atoms with E-state index in [9.17, 15) is 13.2 Å². The molecule has 2 atom stereocenters. The molecule has 0 N–H and O–H groups in total. The predicted molar refractivity (Wildman–Crippen MR) is 80.7 cm³/mol. The van der Waals surface area contributed by atoms with Gasteiger partial charge in [-0.1, -0.05) is 23.4 Å². The fourth-order valence-corrected chi connectivity index (χ4v) is 3.43. The number of likely N-dealkylation sites (tertiary alicyclic amines) is 1. The van der Waals surface area contributed by atoms with Crippen molar-refractivity contribution in [2.24, 2.45) is 11.1 Å². The fraction of sp³-hybridized carbons (Fsp3) is 0.533. The van der Waals surface area contributed by atoms with Crippen LogP contribution < -0.4 is 0 Å². The molecule has 0 saturated carbocycles. The van der Waals surface area contributed by atoms with E-state index >= 15 is 0 Å². The van der Waals surface area contributed by atoms with Gasteiger partial charge in [-0.25, -0.2) is 0 Å². The van der Waals surface area contributed by atoms with Crippen molar-refractivity contribution in [2.75, 3.05) is 13.1 Å². The Morgan fingerprint density at radius 1 is 1.36 bits per heavy atom. The first-order chi connectivity index (χ1) is 10.4. The summed E-state index contributed by atoms with van der Waals surface area (Å²) >= 11 is 3.33. The van der Waals surface area contributed by atoms with Gasteiger partial charge in [0.2, 0.25) is 0 Å². The third kappa shape index (κ3) is 3.63. The fourth-order valence-electron chi connectivity index (χ4n) is 3.03. The van der Waals surface area contributed by atoms with E-state index in [1.54, 1.807) is 6.07 Å². The van der Waals surface area contributed by atoms with Crippen molar-refractivity contribution in [3.05, 3.63) is 35.4 Å². The second-order valence-electron chi connectivity index (χ2n) is 5.80. The van der Waals surface area contributed by atoms with Gasteiger partial charge in [-0.05, 0) is 40.5 Å². The topological polar surface area (TPSA) is 24.8 Å². The van der Waals surface area contributed by atoms with Gasteiger partial charge in [0.15, 0.2) is 0 Å². The van der Waals surface area contributed by atoms with Crippen molar-refractivity contribution >= 4 is 20.6 Å². The number of oxime groups is 1. The van der Waals surface area contributed by atoms with Crippen molar-refractivity contribution in [3.63, 3.8) is 0 Å². The van der Waals surface area contributed by atoms with Gasteiger partial charge in [-0.2, -0.15) is 13.2 Å².